The molecule has 0 unspecified atom stereocenters. The molecule has 0 N–H and O–H groups in total. The number of imidazole rings is 1. The largest absolute Gasteiger partial charge is 0.497 e. The minimum Gasteiger partial charge on any atom is -0.497 e. The predicted octanol–water partition coefficient (Wildman–Crippen LogP) is 4.28. The number of benzene rings is 1. The van der Waals surface area contributed by atoms with Crippen LogP contribution >= 0.6 is 0 Å². The van der Waals surface area contributed by atoms with Crippen LogP contribution in [0.15, 0.2) is 53.6 Å². The van der Waals surface area contributed by atoms with Gasteiger partial charge in [-0.2, -0.15) is 0 Å². The van der Waals surface area contributed by atoms with Gasteiger partial charge in [-0.15, -0.1) is 0 Å². The van der Waals surface area contributed by atoms with Gasteiger partial charge < -0.3 is 13.7 Å². The molecule has 0 fully saturated rings. The van der Waals surface area contributed by atoms with E-state index in [0.717, 1.165) is 45.0 Å². The van der Waals surface area contributed by atoms with Crippen molar-refractivity contribution in [2.75, 3.05) is 7.11 Å². The first kappa shape index (κ1) is 14.5. The summed E-state index contributed by atoms with van der Waals surface area (Å²) < 4.78 is 12.6. The first-order valence-electron chi connectivity index (χ1n) is 7.71. The molecule has 0 aliphatic heterocycles. The Bertz CT molecular complexity index is 993. The number of ether oxygens (including phenoxy) is 1. The van der Waals surface area contributed by atoms with Gasteiger partial charge in [0, 0.05) is 17.3 Å². The minimum atomic E-state index is 0.808. The average Bonchev–Trinajstić information content (AvgIpc) is 3.21. The third kappa shape index (κ3) is 2.25. The van der Waals surface area contributed by atoms with E-state index in [1.54, 1.807) is 7.11 Å². The smallest absolute Gasteiger partial charge is 0.141 e. The van der Waals surface area contributed by atoms with Gasteiger partial charge in [-0.3, -0.25) is 0 Å². The van der Waals surface area contributed by atoms with Crippen molar-refractivity contribution >= 4 is 5.52 Å². The highest BCUT2D eigenvalue weighted by molar-refractivity contribution is 5.86. The van der Waals surface area contributed by atoms with Gasteiger partial charge in [0.05, 0.1) is 30.8 Å². The fourth-order valence-corrected chi connectivity index (χ4v) is 3.04. The molecule has 5 heteroatoms. The molecule has 0 aliphatic rings. The zero-order chi connectivity index (χ0) is 16.7. The Kier molecular flexibility index (Phi) is 3.34. The summed E-state index contributed by atoms with van der Waals surface area (Å²) in [5, 5.41) is 4.09. The number of rotatable bonds is 3. The molecule has 0 aliphatic carbocycles. The molecule has 4 aromatic rings. The van der Waals surface area contributed by atoms with Crippen LogP contribution in [0.5, 0.6) is 5.75 Å². The molecule has 0 saturated heterocycles. The first-order valence-corrected chi connectivity index (χ1v) is 7.71. The highest BCUT2D eigenvalue weighted by Gasteiger charge is 2.16. The van der Waals surface area contributed by atoms with E-state index in [9.17, 15) is 0 Å². The van der Waals surface area contributed by atoms with Crippen LogP contribution in [0.1, 0.15) is 11.5 Å². The molecule has 5 nitrogen and oxygen atoms in total. The Morgan fingerprint density at radius 1 is 1.08 bits per heavy atom. The summed E-state index contributed by atoms with van der Waals surface area (Å²) in [6, 6.07) is 10.2. The summed E-state index contributed by atoms with van der Waals surface area (Å²) >= 11 is 0. The predicted molar refractivity (Wildman–Crippen MR) is 92.2 cm³/mol. The van der Waals surface area contributed by atoms with Crippen molar-refractivity contribution in [2.24, 2.45) is 0 Å². The van der Waals surface area contributed by atoms with Crippen LogP contribution in [0.4, 0.5) is 0 Å². The van der Waals surface area contributed by atoms with Crippen LogP contribution in [0.2, 0.25) is 0 Å². The first-order chi connectivity index (χ1) is 11.7. The van der Waals surface area contributed by atoms with Gasteiger partial charge in [-0.25, -0.2) is 4.98 Å². The molecule has 1 aromatic carbocycles. The van der Waals surface area contributed by atoms with Crippen molar-refractivity contribution in [3.05, 3.63) is 60.5 Å². The summed E-state index contributed by atoms with van der Waals surface area (Å²) in [4.78, 5) is 4.29. The lowest BCUT2D eigenvalue weighted by Gasteiger charge is -2.09. The zero-order valence-electron chi connectivity index (χ0n) is 13.8. The molecule has 0 amide bonds. The molecule has 3 aromatic heterocycles. The van der Waals surface area contributed by atoms with Gasteiger partial charge in [-0.1, -0.05) is 17.3 Å². The summed E-state index contributed by atoms with van der Waals surface area (Å²) in [7, 11) is 1.67. The lowest BCUT2D eigenvalue weighted by atomic mass is 9.99. The molecule has 0 atom stereocenters. The fraction of sp³-hybridized carbons (Fsp3) is 0.158. The number of aryl methyl sites for hydroxylation is 2. The Labute approximate surface area is 139 Å². The Morgan fingerprint density at radius 2 is 1.88 bits per heavy atom. The summed E-state index contributed by atoms with van der Waals surface area (Å²) in [5.41, 5.74) is 6.20. The molecule has 0 radical (unpaired) electrons. The monoisotopic (exact) mass is 319 g/mol. The molecule has 0 spiro atoms. The Hall–Kier alpha value is -3.08. The quantitative estimate of drug-likeness (QED) is 0.565. The highest BCUT2D eigenvalue weighted by atomic mass is 16.5. The Balaban J connectivity index is 1.95. The maximum atomic E-state index is 5.35. The highest BCUT2D eigenvalue weighted by Crippen LogP contribution is 2.34. The number of fused-ring (bicyclic) bond motifs is 1. The van der Waals surface area contributed by atoms with Crippen molar-refractivity contribution in [3.63, 3.8) is 0 Å². The molecular weight excluding hydrogens is 302 g/mol. The van der Waals surface area contributed by atoms with Gasteiger partial charge in [0.1, 0.15) is 11.5 Å². The summed E-state index contributed by atoms with van der Waals surface area (Å²) in [6.45, 7) is 3.89. The lowest BCUT2D eigenvalue weighted by molar-refractivity contribution is 0.393. The third-order valence-electron chi connectivity index (χ3n) is 4.25. The van der Waals surface area contributed by atoms with E-state index in [0.29, 0.717) is 0 Å². The van der Waals surface area contributed by atoms with Crippen molar-refractivity contribution in [2.45, 2.75) is 13.8 Å². The third-order valence-corrected chi connectivity index (χ3v) is 4.25. The van der Waals surface area contributed by atoms with Crippen LogP contribution in [0.3, 0.4) is 0 Å². The second-order valence-electron chi connectivity index (χ2n) is 5.76. The van der Waals surface area contributed by atoms with Crippen molar-refractivity contribution in [3.8, 4) is 28.0 Å². The van der Waals surface area contributed by atoms with E-state index >= 15 is 0 Å². The number of hydrogen-bond acceptors (Lipinski definition) is 4. The second kappa shape index (κ2) is 5.53. The second-order valence-corrected chi connectivity index (χ2v) is 5.76. The summed E-state index contributed by atoms with van der Waals surface area (Å²) in [6.07, 6.45) is 5.74. The van der Waals surface area contributed by atoms with Crippen LogP contribution in [0, 0.1) is 13.8 Å². The van der Waals surface area contributed by atoms with E-state index in [1.165, 1.54) is 0 Å². The molecule has 120 valence electrons. The van der Waals surface area contributed by atoms with Gasteiger partial charge in [0.25, 0.3) is 0 Å². The molecule has 0 saturated carbocycles. The van der Waals surface area contributed by atoms with E-state index < -0.39 is 0 Å². The SMILES string of the molecule is COc1ccc(-c2cc(-c3c(C)noc3C)c3cncn3c2)cc1. The van der Waals surface area contributed by atoms with Crippen LogP contribution < -0.4 is 4.74 Å². The van der Waals surface area contributed by atoms with Crippen LogP contribution in [-0.2, 0) is 0 Å². The standard InChI is InChI=1S/C19H17N3O2/c1-12-19(13(2)24-21-12)17-8-15(10-22-11-20-9-18(17)22)14-4-6-16(23-3)7-5-14/h4-11H,1-3H3. The van der Waals surface area contributed by atoms with Gasteiger partial charge in [-0.05, 0) is 43.2 Å². The fourth-order valence-electron chi connectivity index (χ4n) is 3.04. The van der Waals surface area contributed by atoms with E-state index in [-0.39, 0.29) is 0 Å². The lowest BCUT2D eigenvalue weighted by Crippen LogP contribution is -1.92. The van der Waals surface area contributed by atoms with Crippen LogP contribution in [-0.4, -0.2) is 21.7 Å². The number of pyridine rings is 1. The van der Waals surface area contributed by atoms with Crippen molar-refractivity contribution in [1.29, 1.82) is 0 Å². The Morgan fingerprint density at radius 3 is 2.54 bits per heavy atom. The normalized spacial score (nSPS) is 11.1. The molecule has 24 heavy (non-hydrogen) atoms. The topological polar surface area (TPSA) is 52.6 Å². The van der Waals surface area contributed by atoms with Crippen molar-refractivity contribution < 1.29 is 9.26 Å². The number of methoxy groups -OCH3 is 1. The number of aromatic nitrogens is 3. The average molecular weight is 319 g/mol. The van der Waals surface area contributed by atoms with E-state index in [2.05, 4.69) is 22.4 Å². The van der Waals surface area contributed by atoms with Gasteiger partial charge in [0.2, 0.25) is 0 Å². The minimum absolute atomic E-state index is 0.808. The summed E-state index contributed by atoms with van der Waals surface area (Å²) in [5.74, 6) is 1.65. The molecule has 4 rings (SSSR count). The van der Waals surface area contributed by atoms with Crippen molar-refractivity contribution in [1.82, 2.24) is 14.5 Å². The number of nitrogens with zero attached hydrogens (tertiary/aromatic N) is 3. The van der Waals surface area contributed by atoms with E-state index in [1.807, 2.05) is 55.0 Å². The zero-order valence-corrected chi connectivity index (χ0v) is 13.8. The molecular formula is C19H17N3O2. The van der Waals surface area contributed by atoms with Gasteiger partial charge in [0.15, 0.2) is 0 Å². The maximum Gasteiger partial charge on any atom is 0.141 e. The van der Waals surface area contributed by atoms with Gasteiger partial charge >= 0.3 is 0 Å². The van der Waals surface area contributed by atoms with E-state index in [4.69, 9.17) is 9.26 Å². The number of hydrogen-bond donors (Lipinski definition) is 0. The maximum absolute atomic E-state index is 5.35. The molecule has 0 bridgehead atoms. The molecule has 3 heterocycles. The van der Waals surface area contributed by atoms with Crippen LogP contribution in [0.25, 0.3) is 27.8 Å².